The van der Waals surface area contributed by atoms with Gasteiger partial charge >= 0.3 is 6.18 Å². The smallest absolute Gasteiger partial charge is 0.433 e. The first-order valence-corrected chi connectivity index (χ1v) is 8.65. The second kappa shape index (κ2) is 6.68. The number of carbonyl (C=O) groups excluding carboxylic acids is 1. The van der Waals surface area contributed by atoms with Crippen molar-refractivity contribution in [1.29, 1.82) is 0 Å². The number of furan rings is 2. The minimum absolute atomic E-state index is 0.0107. The number of halogens is 5. The fourth-order valence-electron chi connectivity index (χ4n) is 2.83. The Morgan fingerprint density at radius 1 is 1.00 bits per heavy atom. The summed E-state index contributed by atoms with van der Waals surface area (Å²) in [6.07, 6.45) is -4.61. The van der Waals surface area contributed by atoms with Crippen LogP contribution < -0.4 is 5.32 Å². The average Bonchev–Trinajstić information content (AvgIpc) is 3.25. The van der Waals surface area contributed by atoms with E-state index in [1.54, 1.807) is 18.2 Å². The summed E-state index contributed by atoms with van der Waals surface area (Å²) in [6, 6.07) is 11.2. The van der Waals surface area contributed by atoms with Gasteiger partial charge in [0.2, 0.25) is 0 Å². The highest BCUT2D eigenvalue weighted by Gasteiger charge is 2.33. The van der Waals surface area contributed by atoms with E-state index in [0.717, 1.165) is 6.07 Å². The van der Waals surface area contributed by atoms with Crippen molar-refractivity contribution < 1.29 is 22.4 Å². The third kappa shape index (κ3) is 3.27. The summed E-state index contributed by atoms with van der Waals surface area (Å²) >= 11 is 11.8. The quantitative estimate of drug-likeness (QED) is 0.407. The van der Waals surface area contributed by atoms with Crippen molar-refractivity contribution in [2.75, 3.05) is 5.32 Å². The number of fused-ring (bicyclic) bond motifs is 2. The summed E-state index contributed by atoms with van der Waals surface area (Å²) in [4.78, 5) is 16.5. The van der Waals surface area contributed by atoms with E-state index in [1.165, 1.54) is 24.3 Å². The van der Waals surface area contributed by atoms with E-state index in [2.05, 4.69) is 10.3 Å². The Bertz CT molecular complexity index is 1190. The molecule has 0 spiro atoms. The summed E-state index contributed by atoms with van der Waals surface area (Å²) < 4.78 is 44.6. The number of benzene rings is 2. The second-order valence-electron chi connectivity index (χ2n) is 5.90. The number of aromatic nitrogens is 1. The molecule has 0 saturated carbocycles. The summed E-state index contributed by atoms with van der Waals surface area (Å²) in [5, 5.41) is 3.22. The monoisotopic (exact) mass is 424 g/mol. The molecule has 142 valence electrons. The number of rotatable bonds is 3. The number of nitrogens with one attached hydrogen (secondary N) is 1. The van der Waals surface area contributed by atoms with Crippen LogP contribution in [0.4, 0.5) is 18.9 Å². The molecule has 0 unspecified atom stereocenters. The predicted octanol–water partition coefficient (Wildman–Crippen LogP) is 6.51. The van der Waals surface area contributed by atoms with Crippen LogP contribution >= 0.6 is 23.2 Å². The number of hydrogen-bond donors (Lipinski definition) is 1. The van der Waals surface area contributed by atoms with Crippen LogP contribution in [0.2, 0.25) is 10.0 Å². The van der Waals surface area contributed by atoms with Crippen molar-refractivity contribution in [3.05, 3.63) is 69.8 Å². The minimum Gasteiger partial charge on any atom is -0.456 e. The van der Waals surface area contributed by atoms with E-state index in [0.29, 0.717) is 10.7 Å². The molecular weight excluding hydrogens is 416 g/mol. The van der Waals surface area contributed by atoms with E-state index in [9.17, 15) is 18.0 Å². The van der Waals surface area contributed by atoms with Crippen molar-refractivity contribution in [3.63, 3.8) is 0 Å². The van der Waals surface area contributed by atoms with Crippen LogP contribution in [0, 0.1) is 0 Å². The highest BCUT2D eigenvalue weighted by Crippen LogP contribution is 2.38. The minimum atomic E-state index is -4.61. The molecule has 3 aromatic heterocycles. The van der Waals surface area contributed by atoms with Crippen LogP contribution in [-0.4, -0.2) is 10.9 Å². The van der Waals surface area contributed by atoms with Crippen LogP contribution in [0.3, 0.4) is 0 Å². The molecule has 0 radical (unpaired) electrons. The number of nitrogens with zero attached hydrogens (tertiary/aromatic N) is 1. The van der Waals surface area contributed by atoms with Crippen LogP contribution in [0.15, 0.2) is 52.9 Å². The van der Waals surface area contributed by atoms with Gasteiger partial charge in [0.25, 0.3) is 5.91 Å². The molecule has 1 aromatic carbocycles. The number of carbonyl (C=O) groups is 1. The van der Waals surface area contributed by atoms with Gasteiger partial charge in [-0.1, -0.05) is 29.3 Å². The molecule has 9 heteroatoms. The second-order valence-corrected chi connectivity index (χ2v) is 6.72. The normalized spacial score (nSPS) is 11.9. The van der Waals surface area contributed by atoms with Gasteiger partial charge in [-0.05, 0) is 42.5 Å². The number of pyridine rings is 1. The van der Waals surface area contributed by atoms with E-state index in [1.807, 2.05) is 0 Å². The summed E-state index contributed by atoms with van der Waals surface area (Å²) in [5.74, 6) is -0.568. The van der Waals surface area contributed by atoms with Gasteiger partial charge in [-0.25, -0.2) is 4.98 Å². The summed E-state index contributed by atoms with van der Waals surface area (Å²) in [7, 11) is 0. The third-order valence-electron chi connectivity index (χ3n) is 4.05. The lowest BCUT2D eigenvalue weighted by molar-refractivity contribution is -0.141. The molecule has 1 amide bonds. The van der Waals surface area contributed by atoms with Crippen molar-refractivity contribution in [2.45, 2.75) is 6.18 Å². The van der Waals surface area contributed by atoms with Crippen LogP contribution in [0.1, 0.15) is 16.1 Å². The van der Waals surface area contributed by atoms with Crippen molar-refractivity contribution in [2.24, 2.45) is 0 Å². The molecule has 0 saturated heterocycles. The Balaban J connectivity index is 1.76. The number of anilines is 1. The molecular formula is C19H9Cl2F3N2O2. The van der Waals surface area contributed by atoms with Gasteiger partial charge < -0.3 is 9.73 Å². The first-order chi connectivity index (χ1) is 13.2. The van der Waals surface area contributed by atoms with Gasteiger partial charge in [-0.3, -0.25) is 4.79 Å². The van der Waals surface area contributed by atoms with Gasteiger partial charge in [0, 0.05) is 5.69 Å². The first kappa shape index (κ1) is 18.6. The van der Waals surface area contributed by atoms with E-state index >= 15 is 0 Å². The standard InChI is InChI=1S/C19H9Cl2F3N2O2/c20-10-5-4-9(8-11(10)21)25-18(27)17-14-7-6-13(28-14)16(17)12-2-1-3-15(26-12)19(22,23)24/h1-8H,(H,25,27). The lowest BCUT2D eigenvalue weighted by Gasteiger charge is -2.10. The molecule has 0 fully saturated rings. The lowest BCUT2D eigenvalue weighted by atomic mass is 10.0. The topological polar surface area (TPSA) is 55.1 Å². The zero-order chi connectivity index (χ0) is 20.1. The van der Waals surface area contributed by atoms with E-state index < -0.39 is 17.8 Å². The highest BCUT2D eigenvalue weighted by molar-refractivity contribution is 6.42. The molecule has 28 heavy (non-hydrogen) atoms. The largest absolute Gasteiger partial charge is 0.456 e. The van der Waals surface area contributed by atoms with Crippen LogP contribution in [-0.2, 0) is 6.18 Å². The Morgan fingerprint density at radius 2 is 1.75 bits per heavy atom. The van der Waals surface area contributed by atoms with Crippen molar-refractivity contribution in [3.8, 4) is 11.3 Å². The molecule has 0 aliphatic carbocycles. The van der Waals surface area contributed by atoms with Gasteiger partial charge in [-0.15, -0.1) is 0 Å². The Hall–Kier alpha value is -2.77. The molecule has 2 bridgehead atoms. The number of amides is 1. The van der Waals surface area contributed by atoms with Crippen LogP contribution in [0.5, 0.6) is 0 Å². The van der Waals surface area contributed by atoms with E-state index in [4.69, 9.17) is 27.6 Å². The molecule has 4 rings (SSSR count). The summed E-state index contributed by atoms with van der Waals surface area (Å²) in [6.45, 7) is 0. The Kier molecular flexibility index (Phi) is 4.44. The van der Waals surface area contributed by atoms with Crippen molar-refractivity contribution >= 4 is 46.0 Å². The zero-order valence-electron chi connectivity index (χ0n) is 13.8. The Morgan fingerprint density at radius 3 is 2.46 bits per heavy atom. The molecule has 4 aromatic rings. The first-order valence-electron chi connectivity index (χ1n) is 7.90. The fraction of sp³-hybridized carbons (Fsp3) is 0.0526. The summed E-state index contributed by atoms with van der Waals surface area (Å²) in [5.41, 5.74) is 0.0996. The van der Waals surface area contributed by atoms with Gasteiger partial charge in [-0.2, -0.15) is 13.2 Å². The number of hydrogen-bond acceptors (Lipinski definition) is 3. The van der Waals surface area contributed by atoms with E-state index in [-0.39, 0.29) is 33.0 Å². The molecule has 4 nitrogen and oxygen atoms in total. The lowest BCUT2D eigenvalue weighted by Crippen LogP contribution is -2.13. The SMILES string of the molecule is O=C(Nc1ccc(Cl)c(Cl)c1)c1c(-c2cccc(C(F)(F)F)n2)c2ccc1o2. The van der Waals surface area contributed by atoms with Gasteiger partial charge in [0.1, 0.15) is 16.9 Å². The predicted molar refractivity (Wildman–Crippen MR) is 100 cm³/mol. The number of alkyl halides is 3. The molecule has 0 aliphatic rings. The maximum atomic E-state index is 13.0. The molecule has 0 aliphatic heterocycles. The maximum Gasteiger partial charge on any atom is 0.433 e. The van der Waals surface area contributed by atoms with Gasteiger partial charge in [0.05, 0.1) is 26.9 Å². The fourth-order valence-corrected chi connectivity index (χ4v) is 3.13. The van der Waals surface area contributed by atoms with Crippen LogP contribution in [0.25, 0.3) is 22.4 Å². The Labute approximate surface area is 166 Å². The molecule has 3 heterocycles. The maximum absolute atomic E-state index is 13.0. The third-order valence-corrected chi connectivity index (χ3v) is 4.79. The van der Waals surface area contributed by atoms with Gasteiger partial charge in [0.15, 0.2) is 0 Å². The molecule has 1 N–H and O–H groups in total. The average molecular weight is 425 g/mol. The van der Waals surface area contributed by atoms with Crippen molar-refractivity contribution in [1.82, 2.24) is 4.98 Å². The zero-order valence-corrected chi connectivity index (χ0v) is 15.3. The molecule has 0 atom stereocenters. The highest BCUT2D eigenvalue weighted by atomic mass is 35.5.